The van der Waals surface area contributed by atoms with Gasteiger partial charge in [0.05, 0.1) is 4.90 Å². The van der Waals surface area contributed by atoms with Crippen LogP contribution < -0.4 is 0 Å². The summed E-state index contributed by atoms with van der Waals surface area (Å²) >= 11 is -4.77. The third kappa shape index (κ3) is 5.91. The van der Waals surface area contributed by atoms with Crippen LogP contribution in [0.2, 0.25) is 0 Å². The highest BCUT2D eigenvalue weighted by Gasteiger charge is 2.17. The SMILES string of the molecule is O=S([O-])c1ccc(-c2ccnc(-c3nnc(-c4ccc(S(=O)(=O)O)cc4)c(-c4ccc(S(=O)[O-])cc4)n3)c2)cc1. The Morgan fingerprint density at radius 2 is 1.18 bits per heavy atom. The van der Waals surface area contributed by atoms with Gasteiger partial charge in [-0.25, -0.2) is 4.98 Å². The quantitative estimate of drug-likeness (QED) is 0.215. The van der Waals surface area contributed by atoms with E-state index < -0.39 is 32.3 Å². The minimum absolute atomic E-state index is 0.0752. The van der Waals surface area contributed by atoms with Crippen molar-refractivity contribution in [2.45, 2.75) is 14.7 Å². The first-order valence-corrected chi connectivity index (χ1v) is 14.9. The van der Waals surface area contributed by atoms with E-state index in [0.717, 1.165) is 11.1 Å². The highest BCUT2D eigenvalue weighted by Crippen LogP contribution is 2.32. The molecule has 0 radical (unpaired) electrons. The second-order valence-corrected chi connectivity index (χ2v) is 11.6. The number of rotatable bonds is 7. The van der Waals surface area contributed by atoms with Crippen LogP contribution in [-0.4, -0.2) is 50.7 Å². The summed E-state index contributed by atoms with van der Waals surface area (Å²) in [6.45, 7) is 0. The van der Waals surface area contributed by atoms with Gasteiger partial charge in [-0.2, -0.15) is 8.42 Å². The molecule has 0 aliphatic carbocycles. The monoisotopic (exact) mass is 592 g/mol. The second kappa shape index (κ2) is 11.2. The summed E-state index contributed by atoms with van der Waals surface area (Å²) in [6, 6.07) is 21.0. The van der Waals surface area contributed by atoms with Gasteiger partial charge in [0.1, 0.15) is 17.1 Å². The summed E-state index contributed by atoms with van der Waals surface area (Å²) in [5, 5.41) is 8.56. The summed E-state index contributed by atoms with van der Waals surface area (Å²) in [7, 11) is -4.40. The molecule has 0 saturated carbocycles. The van der Waals surface area contributed by atoms with Gasteiger partial charge in [-0.1, -0.05) is 36.4 Å². The fourth-order valence-corrected chi connectivity index (χ4v) is 5.03. The normalized spacial score (nSPS) is 13.1. The van der Waals surface area contributed by atoms with Crippen LogP contribution >= 0.6 is 0 Å². The van der Waals surface area contributed by atoms with E-state index in [1.54, 1.807) is 42.6 Å². The van der Waals surface area contributed by atoms with E-state index in [9.17, 15) is 30.5 Å². The summed E-state index contributed by atoms with van der Waals surface area (Å²) in [6.07, 6.45) is 1.55. The molecule has 0 saturated heterocycles. The van der Waals surface area contributed by atoms with Crippen molar-refractivity contribution in [2.24, 2.45) is 0 Å². The smallest absolute Gasteiger partial charge is 0.294 e. The molecule has 5 aromatic rings. The van der Waals surface area contributed by atoms with Crippen molar-refractivity contribution in [3.63, 3.8) is 0 Å². The summed E-state index contributed by atoms with van der Waals surface area (Å²) in [4.78, 5) is 8.95. The van der Waals surface area contributed by atoms with Gasteiger partial charge in [0.2, 0.25) is 5.82 Å². The number of benzene rings is 3. The Morgan fingerprint density at radius 3 is 1.73 bits per heavy atom. The molecule has 0 spiro atoms. The molecule has 40 heavy (non-hydrogen) atoms. The molecular formula is C26H16N4O7S3-2. The van der Waals surface area contributed by atoms with Crippen LogP contribution in [0.4, 0.5) is 0 Å². The number of aromatic nitrogens is 4. The van der Waals surface area contributed by atoms with Gasteiger partial charge < -0.3 is 9.11 Å². The van der Waals surface area contributed by atoms with Gasteiger partial charge in [-0.3, -0.25) is 18.0 Å². The molecule has 2 aromatic heterocycles. The molecule has 2 unspecified atom stereocenters. The molecule has 0 aliphatic rings. The van der Waals surface area contributed by atoms with E-state index in [0.29, 0.717) is 22.5 Å². The lowest BCUT2D eigenvalue weighted by Crippen LogP contribution is -2.02. The van der Waals surface area contributed by atoms with E-state index in [1.807, 2.05) is 0 Å². The number of hydrogen-bond acceptors (Lipinski definition) is 10. The number of pyridine rings is 1. The first kappa shape index (κ1) is 27.5. The maximum absolute atomic E-state index is 11.5. The maximum atomic E-state index is 11.5. The minimum atomic E-state index is -4.40. The van der Waals surface area contributed by atoms with Crippen molar-refractivity contribution in [3.05, 3.63) is 91.1 Å². The summed E-state index contributed by atoms with van der Waals surface area (Å²) in [5.41, 5.74) is 3.39. The highest BCUT2D eigenvalue weighted by atomic mass is 32.2. The van der Waals surface area contributed by atoms with Crippen molar-refractivity contribution >= 4 is 32.3 Å². The van der Waals surface area contributed by atoms with Crippen molar-refractivity contribution in [1.29, 1.82) is 0 Å². The number of nitrogens with zero attached hydrogens (tertiary/aromatic N) is 4. The van der Waals surface area contributed by atoms with Crippen molar-refractivity contribution in [3.8, 4) is 45.2 Å². The van der Waals surface area contributed by atoms with Crippen molar-refractivity contribution in [2.75, 3.05) is 0 Å². The minimum Gasteiger partial charge on any atom is -0.768 e. The molecule has 2 atom stereocenters. The lowest BCUT2D eigenvalue weighted by molar-refractivity contribution is 0.483. The fraction of sp³-hybridized carbons (Fsp3) is 0. The van der Waals surface area contributed by atoms with Gasteiger partial charge in [-0.15, -0.1) is 10.2 Å². The molecule has 1 N–H and O–H groups in total. The van der Waals surface area contributed by atoms with Crippen LogP contribution in [-0.2, 0) is 32.3 Å². The predicted molar refractivity (Wildman–Crippen MR) is 144 cm³/mol. The second-order valence-electron chi connectivity index (χ2n) is 8.28. The molecule has 0 fully saturated rings. The Labute approximate surface area is 233 Å². The zero-order valence-electron chi connectivity index (χ0n) is 20.1. The van der Waals surface area contributed by atoms with Gasteiger partial charge in [0, 0.05) is 27.1 Å². The van der Waals surface area contributed by atoms with E-state index in [4.69, 9.17) is 0 Å². The third-order valence-corrected chi connectivity index (χ3v) is 7.98. The molecule has 3 aromatic carbocycles. The average molecular weight is 593 g/mol. The molecule has 11 nitrogen and oxygen atoms in total. The van der Waals surface area contributed by atoms with Crippen LogP contribution in [0.1, 0.15) is 0 Å². The van der Waals surface area contributed by atoms with E-state index in [1.165, 1.54) is 48.5 Å². The van der Waals surface area contributed by atoms with Crippen LogP contribution in [0.15, 0.2) is 106 Å². The Bertz CT molecular complexity index is 1860. The van der Waals surface area contributed by atoms with Gasteiger partial charge in [-0.05, 0) is 81.8 Å². The Morgan fingerprint density at radius 1 is 0.650 bits per heavy atom. The molecule has 14 heteroatoms. The standard InChI is InChI=1S/C26H18N4O7S3/c31-38(32)20-7-1-16(2-8-20)19-13-14-27-23(15-19)26-28-24(17-3-9-21(10-4-17)39(33)34)25(29-30-26)18-5-11-22(12-6-18)40(35,36)37/h1-15H,(H,31,32)(H,33,34)(H,35,36,37)/p-2. The number of hydrogen-bond donors (Lipinski definition) is 1. The Hall–Kier alpha value is -4.05. The largest absolute Gasteiger partial charge is 0.768 e. The summed E-state index contributed by atoms with van der Waals surface area (Å²) < 4.78 is 77.3. The van der Waals surface area contributed by atoms with Gasteiger partial charge in [0.25, 0.3) is 10.1 Å². The zero-order chi connectivity index (χ0) is 28.4. The molecule has 0 amide bonds. The lowest BCUT2D eigenvalue weighted by atomic mass is 10.0. The fourth-order valence-electron chi connectivity index (χ4n) is 3.83. The van der Waals surface area contributed by atoms with E-state index >= 15 is 0 Å². The van der Waals surface area contributed by atoms with Crippen LogP contribution in [0.3, 0.4) is 0 Å². The first-order chi connectivity index (χ1) is 19.1. The highest BCUT2D eigenvalue weighted by molar-refractivity contribution is 7.85. The summed E-state index contributed by atoms with van der Waals surface area (Å²) in [5.74, 6) is 0.156. The topological polar surface area (TPSA) is 186 Å². The van der Waals surface area contributed by atoms with Crippen LogP contribution in [0.5, 0.6) is 0 Å². The Kier molecular flexibility index (Phi) is 7.71. The van der Waals surface area contributed by atoms with Crippen molar-refractivity contribution in [1.82, 2.24) is 20.2 Å². The lowest BCUT2D eigenvalue weighted by Gasteiger charge is -2.12. The predicted octanol–water partition coefficient (Wildman–Crippen LogP) is 3.66. The molecular weight excluding hydrogens is 577 g/mol. The molecule has 5 rings (SSSR count). The zero-order valence-corrected chi connectivity index (χ0v) is 22.5. The van der Waals surface area contributed by atoms with Crippen molar-refractivity contribution < 1.29 is 30.5 Å². The van der Waals surface area contributed by atoms with E-state index in [2.05, 4.69) is 20.2 Å². The van der Waals surface area contributed by atoms with Gasteiger partial charge >= 0.3 is 0 Å². The third-order valence-electron chi connectivity index (χ3n) is 5.80. The maximum Gasteiger partial charge on any atom is 0.294 e. The Balaban J connectivity index is 1.60. The molecule has 2 heterocycles. The average Bonchev–Trinajstić information content (AvgIpc) is 2.96. The van der Waals surface area contributed by atoms with Crippen LogP contribution in [0.25, 0.3) is 45.2 Å². The molecule has 0 bridgehead atoms. The molecule has 202 valence electrons. The van der Waals surface area contributed by atoms with Crippen LogP contribution in [0, 0.1) is 0 Å². The van der Waals surface area contributed by atoms with E-state index in [-0.39, 0.29) is 26.2 Å². The molecule has 0 aliphatic heterocycles. The first-order valence-electron chi connectivity index (χ1n) is 11.3. The van der Waals surface area contributed by atoms with Gasteiger partial charge in [0.15, 0.2) is 0 Å².